The van der Waals surface area contributed by atoms with Gasteiger partial charge in [-0.2, -0.15) is 0 Å². The Morgan fingerprint density at radius 1 is 1.44 bits per heavy atom. The van der Waals surface area contributed by atoms with Crippen LogP contribution in [0.25, 0.3) is 10.4 Å². The fourth-order valence-electron chi connectivity index (χ4n) is 1.94. The molecular formula is C12H24N4O2. The summed E-state index contributed by atoms with van der Waals surface area (Å²) in [5, 5.41) is 6.54. The number of hydrogen-bond donors (Lipinski definition) is 1. The molecule has 0 bridgehead atoms. The number of carbonyl (C=O) groups excluding carboxylic acids is 1. The average molecular weight is 256 g/mol. The first-order valence-electron chi connectivity index (χ1n) is 6.43. The number of esters is 1. The van der Waals surface area contributed by atoms with E-state index in [0.717, 1.165) is 6.42 Å². The second-order valence-electron chi connectivity index (χ2n) is 4.75. The molecule has 0 rings (SSSR count). The van der Waals surface area contributed by atoms with Crippen LogP contribution in [0.5, 0.6) is 0 Å². The molecule has 0 heterocycles. The summed E-state index contributed by atoms with van der Waals surface area (Å²) in [5.74, 6) is 0.484. The number of azide groups is 1. The van der Waals surface area contributed by atoms with Gasteiger partial charge in [0.1, 0.15) is 6.04 Å². The van der Waals surface area contributed by atoms with Crippen molar-refractivity contribution in [2.24, 2.45) is 17.0 Å². The van der Waals surface area contributed by atoms with E-state index < -0.39 is 0 Å². The van der Waals surface area contributed by atoms with Crippen molar-refractivity contribution >= 4 is 5.97 Å². The lowest BCUT2D eigenvalue weighted by Crippen LogP contribution is -2.44. The van der Waals surface area contributed by atoms with E-state index in [9.17, 15) is 4.79 Å². The molecule has 0 aromatic heterocycles. The molecule has 0 aliphatic carbocycles. The van der Waals surface area contributed by atoms with Crippen molar-refractivity contribution in [2.45, 2.75) is 40.2 Å². The Hall–Kier alpha value is -1.26. The number of rotatable bonds is 9. The second kappa shape index (κ2) is 9.74. The third kappa shape index (κ3) is 7.14. The molecule has 0 fully saturated rings. The van der Waals surface area contributed by atoms with Crippen LogP contribution in [0.1, 0.15) is 34.1 Å². The minimum absolute atomic E-state index is 0.190. The highest BCUT2D eigenvalue weighted by molar-refractivity contribution is 5.76. The zero-order valence-electron chi connectivity index (χ0n) is 11.7. The van der Waals surface area contributed by atoms with Crippen LogP contribution in [0.4, 0.5) is 0 Å². The Morgan fingerprint density at radius 3 is 2.61 bits per heavy atom. The van der Waals surface area contributed by atoms with E-state index in [1.807, 2.05) is 6.92 Å². The molecule has 2 atom stereocenters. The predicted molar refractivity (Wildman–Crippen MR) is 71.1 cm³/mol. The van der Waals surface area contributed by atoms with Gasteiger partial charge in [0.05, 0.1) is 6.61 Å². The van der Waals surface area contributed by atoms with Gasteiger partial charge >= 0.3 is 5.97 Å². The molecule has 6 nitrogen and oxygen atoms in total. The number of carbonyl (C=O) groups is 1. The lowest BCUT2D eigenvalue weighted by atomic mass is 9.92. The molecule has 0 aromatic carbocycles. The summed E-state index contributed by atoms with van der Waals surface area (Å²) in [6.07, 6.45) is 0.942. The van der Waals surface area contributed by atoms with Crippen LogP contribution in [-0.2, 0) is 9.53 Å². The molecule has 0 aliphatic heterocycles. The molecule has 0 spiro atoms. The van der Waals surface area contributed by atoms with Gasteiger partial charge in [-0.1, -0.05) is 25.9 Å². The molecule has 0 saturated heterocycles. The molecule has 104 valence electrons. The van der Waals surface area contributed by atoms with Gasteiger partial charge in [0.25, 0.3) is 0 Å². The molecule has 6 heteroatoms. The summed E-state index contributed by atoms with van der Waals surface area (Å²) in [6, 6.07) is -0.332. The predicted octanol–water partition coefficient (Wildman–Crippen LogP) is 2.50. The smallest absolute Gasteiger partial charge is 0.323 e. The van der Waals surface area contributed by atoms with E-state index in [1.54, 1.807) is 6.92 Å². The number of ether oxygens (including phenoxy) is 1. The van der Waals surface area contributed by atoms with Crippen LogP contribution in [0.15, 0.2) is 5.11 Å². The van der Waals surface area contributed by atoms with Crippen molar-refractivity contribution in [3.63, 3.8) is 0 Å². The highest BCUT2D eigenvalue weighted by Gasteiger charge is 2.26. The SMILES string of the molecule is CCOC(=O)C(NCCN=[N+]=[N-])C(C)CC(C)C. The topological polar surface area (TPSA) is 87.1 Å². The van der Waals surface area contributed by atoms with Crippen molar-refractivity contribution < 1.29 is 9.53 Å². The van der Waals surface area contributed by atoms with E-state index in [2.05, 4.69) is 29.2 Å². The van der Waals surface area contributed by atoms with Crippen molar-refractivity contribution in [2.75, 3.05) is 19.7 Å². The lowest BCUT2D eigenvalue weighted by molar-refractivity contribution is -0.147. The Bertz CT molecular complexity index is 288. The van der Waals surface area contributed by atoms with Gasteiger partial charge in [-0.05, 0) is 30.7 Å². The summed E-state index contributed by atoms with van der Waals surface area (Å²) in [7, 11) is 0. The molecule has 18 heavy (non-hydrogen) atoms. The van der Waals surface area contributed by atoms with Gasteiger partial charge in [-0.3, -0.25) is 4.79 Å². The fraction of sp³-hybridized carbons (Fsp3) is 0.917. The largest absolute Gasteiger partial charge is 0.465 e. The van der Waals surface area contributed by atoms with Gasteiger partial charge < -0.3 is 10.1 Å². The maximum Gasteiger partial charge on any atom is 0.323 e. The maximum absolute atomic E-state index is 11.8. The first-order chi connectivity index (χ1) is 8.52. The van der Waals surface area contributed by atoms with E-state index in [4.69, 9.17) is 10.3 Å². The van der Waals surface area contributed by atoms with E-state index in [-0.39, 0.29) is 17.9 Å². The number of hydrogen-bond acceptors (Lipinski definition) is 4. The summed E-state index contributed by atoms with van der Waals surface area (Å²) >= 11 is 0. The normalized spacial score (nSPS) is 13.8. The Labute approximate surface area is 109 Å². The molecule has 0 aliphatic rings. The van der Waals surface area contributed by atoms with Gasteiger partial charge in [-0.15, -0.1) is 0 Å². The van der Waals surface area contributed by atoms with Crippen LogP contribution in [0, 0.1) is 11.8 Å². The standard InChI is InChI=1S/C12H24N4O2/c1-5-18-12(17)11(10(4)8-9(2)3)14-6-7-15-16-13/h9-11,14H,5-8H2,1-4H3. The fourth-order valence-corrected chi connectivity index (χ4v) is 1.94. The molecule has 0 radical (unpaired) electrons. The third-order valence-electron chi connectivity index (χ3n) is 2.59. The Morgan fingerprint density at radius 2 is 2.11 bits per heavy atom. The van der Waals surface area contributed by atoms with Gasteiger partial charge in [0, 0.05) is 18.0 Å². The van der Waals surface area contributed by atoms with Crippen molar-refractivity contribution in [3.05, 3.63) is 10.4 Å². The molecule has 0 amide bonds. The van der Waals surface area contributed by atoms with Crippen LogP contribution in [-0.4, -0.2) is 31.7 Å². The van der Waals surface area contributed by atoms with E-state index in [0.29, 0.717) is 25.6 Å². The van der Waals surface area contributed by atoms with Gasteiger partial charge in [-0.25, -0.2) is 0 Å². The monoisotopic (exact) mass is 256 g/mol. The van der Waals surface area contributed by atoms with Crippen molar-refractivity contribution in [1.82, 2.24) is 5.32 Å². The van der Waals surface area contributed by atoms with Crippen LogP contribution in [0.2, 0.25) is 0 Å². The lowest BCUT2D eigenvalue weighted by Gasteiger charge is -2.24. The maximum atomic E-state index is 11.8. The summed E-state index contributed by atoms with van der Waals surface area (Å²) < 4.78 is 5.06. The van der Waals surface area contributed by atoms with E-state index >= 15 is 0 Å². The molecule has 1 N–H and O–H groups in total. The first kappa shape index (κ1) is 16.7. The number of nitrogens with one attached hydrogen (secondary N) is 1. The minimum Gasteiger partial charge on any atom is -0.465 e. The van der Waals surface area contributed by atoms with Crippen LogP contribution >= 0.6 is 0 Å². The first-order valence-corrected chi connectivity index (χ1v) is 6.43. The Balaban J connectivity index is 4.40. The summed E-state index contributed by atoms with van der Waals surface area (Å²) in [5.41, 5.74) is 8.19. The van der Waals surface area contributed by atoms with Crippen molar-refractivity contribution in [1.29, 1.82) is 0 Å². The zero-order valence-corrected chi connectivity index (χ0v) is 11.7. The summed E-state index contributed by atoms with van der Waals surface area (Å²) in [4.78, 5) is 14.5. The highest BCUT2D eigenvalue weighted by Crippen LogP contribution is 2.16. The second-order valence-corrected chi connectivity index (χ2v) is 4.75. The highest BCUT2D eigenvalue weighted by atomic mass is 16.5. The average Bonchev–Trinajstić information content (AvgIpc) is 2.28. The molecule has 2 unspecified atom stereocenters. The zero-order chi connectivity index (χ0) is 14.0. The quantitative estimate of drug-likeness (QED) is 0.226. The Kier molecular flexibility index (Phi) is 9.06. The van der Waals surface area contributed by atoms with Gasteiger partial charge in [0.15, 0.2) is 0 Å². The van der Waals surface area contributed by atoms with Crippen LogP contribution in [0.3, 0.4) is 0 Å². The molecule has 0 saturated carbocycles. The minimum atomic E-state index is -0.332. The third-order valence-corrected chi connectivity index (χ3v) is 2.59. The summed E-state index contributed by atoms with van der Waals surface area (Å²) in [6.45, 7) is 9.26. The van der Waals surface area contributed by atoms with Gasteiger partial charge in [0.2, 0.25) is 0 Å². The van der Waals surface area contributed by atoms with E-state index in [1.165, 1.54) is 0 Å². The van der Waals surface area contributed by atoms with Crippen LogP contribution < -0.4 is 5.32 Å². The van der Waals surface area contributed by atoms with Crippen molar-refractivity contribution in [3.8, 4) is 0 Å². The molecular weight excluding hydrogens is 232 g/mol. The number of nitrogens with zero attached hydrogens (tertiary/aromatic N) is 3. The molecule has 0 aromatic rings.